The molecule has 0 aliphatic carbocycles. The highest BCUT2D eigenvalue weighted by atomic mass is 19.1. The smallest absolute Gasteiger partial charge is 0.186 e. The van der Waals surface area contributed by atoms with Gasteiger partial charge in [0.2, 0.25) is 0 Å². The number of anilines is 1. The van der Waals surface area contributed by atoms with Gasteiger partial charge in [0.1, 0.15) is 6.33 Å². The van der Waals surface area contributed by atoms with Crippen molar-refractivity contribution in [3.05, 3.63) is 17.8 Å². The van der Waals surface area contributed by atoms with Crippen LogP contribution in [0, 0.1) is 12.7 Å². The third-order valence-corrected chi connectivity index (χ3v) is 2.76. The first-order valence-electron chi connectivity index (χ1n) is 5.18. The van der Waals surface area contributed by atoms with Crippen LogP contribution in [-0.4, -0.2) is 35.6 Å². The van der Waals surface area contributed by atoms with E-state index in [9.17, 15) is 4.39 Å². The van der Waals surface area contributed by atoms with E-state index in [1.165, 1.54) is 6.33 Å². The number of halogens is 1. The van der Waals surface area contributed by atoms with Crippen LogP contribution in [0.15, 0.2) is 6.33 Å². The lowest BCUT2D eigenvalue weighted by Crippen LogP contribution is -2.57. The van der Waals surface area contributed by atoms with Gasteiger partial charge in [-0.15, -0.1) is 0 Å². The molecule has 1 aliphatic heterocycles. The van der Waals surface area contributed by atoms with Crippen molar-refractivity contribution < 1.29 is 4.39 Å². The first-order chi connectivity index (χ1) is 7.24. The molecule has 0 spiro atoms. The molecule has 15 heavy (non-hydrogen) atoms. The minimum atomic E-state index is -0.300. The summed E-state index contributed by atoms with van der Waals surface area (Å²) < 4.78 is 13.8. The van der Waals surface area contributed by atoms with Gasteiger partial charge in [0, 0.05) is 19.6 Å². The summed E-state index contributed by atoms with van der Waals surface area (Å²) in [6, 6.07) is 0.360. The van der Waals surface area contributed by atoms with Crippen molar-refractivity contribution in [2.24, 2.45) is 0 Å². The third-order valence-electron chi connectivity index (χ3n) is 2.76. The summed E-state index contributed by atoms with van der Waals surface area (Å²) in [6.45, 7) is 6.23. The van der Waals surface area contributed by atoms with E-state index < -0.39 is 0 Å². The molecular weight excluding hydrogens is 195 g/mol. The predicted octanol–water partition coefficient (Wildman–Crippen LogP) is 0.722. The van der Waals surface area contributed by atoms with Gasteiger partial charge in [-0.3, -0.25) is 0 Å². The van der Waals surface area contributed by atoms with Gasteiger partial charge < -0.3 is 10.2 Å². The van der Waals surface area contributed by atoms with Gasteiger partial charge in [0.25, 0.3) is 0 Å². The molecule has 1 fully saturated rings. The van der Waals surface area contributed by atoms with Crippen molar-refractivity contribution in [2.75, 3.05) is 24.5 Å². The Kier molecular flexibility index (Phi) is 2.81. The molecular formula is C10H15FN4. The molecule has 0 saturated carbocycles. The van der Waals surface area contributed by atoms with Crippen LogP contribution in [0.2, 0.25) is 0 Å². The lowest BCUT2D eigenvalue weighted by atomic mass is 10.1. The largest absolute Gasteiger partial charge is 0.349 e. The highest BCUT2D eigenvalue weighted by Crippen LogP contribution is 2.20. The lowest BCUT2D eigenvalue weighted by molar-refractivity contribution is 0.410. The second-order valence-corrected chi connectivity index (χ2v) is 3.69. The molecule has 1 saturated heterocycles. The molecule has 0 radical (unpaired) electrons. The van der Waals surface area contributed by atoms with Crippen LogP contribution in [-0.2, 0) is 0 Å². The second-order valence-electron chi connectivity index (χ2n) is 3.69. The minimum Gasteiger partial charge on any atom is -0.349 e. The number of nitrogens with zero attached hydrogens (tertiary/aromatic N) is 3. The van der Waals surface area contributed by atoms with Crippen LogP contribution in [0.3, 0.4) is 0 Å². The van der Waals surface area contributed by atoms with Crippen LogP contribution in [0.25, 0.3) is 0 Å². The fraction of sp³-hybridized carbons (Fsp3) is 0.600. The summed E-state index contributed by atoms with van der Waals surface area (Å²) in [5.41, 5.74) is 0.408. The van der Waals surface area contributed by atoms with Crippen molar-refractivity contribution in [1.29, 1.82) is 0 Å². The maximum absolute atomic E-state index is 13.8. The van der Waals surface area contributed by atoms with Gasteiger partial charge >= 0.3 is 0 Å². The van der Waals surface area contributed by atoms with Crippen LogP contribution >= 0.6 is 0 Å². The Hall–Kier alpha value is -1.23. The highest BCUT2D eigenvalue weighted by Gasteiger charge is 2.26. The Morgan fingerprint density at radius 3 is 2.80 bits per heavy atom. The average molecular weight is 210 g/mol. The van der Waals surface area contributed by atoms with Crippen molar-refractivity contribution in [2.45, 2.75) is 19.9 Å². The van der Waals surface area contributed by atoms with Crippen LogP contribution in [0.1, 0.15) is 12.6 Å². The SMILES string of the molecule is CCN(c1ncnc(C)c1F)C1CNC1. The summed E-state index contributed by atoms with van der Waals surface area (Å²) in [7, 11) is 0. The Morgan fingerprint density at radius 2 is 2.27 bits per heavy atom. The van der Waals surface area contributed by atoms with E-state index in [-0.39, 0.29) is 5.82 Å². The molecule has 0 bridgehead atoms. The zero-order valence-electron chi connectivity index (χ0n) is 9.00. The average Bonchev–Trinajstić information content (AvgIpc) is 2.16. The molecule has 2 rings (SSSR count). The quantitative estimate of drug-likeness (QED) is 0.798. The summed E-state index contributed by atoms with van der Waals surface area (Å²) in [5.74, 6) is 0.128. The highest BCUT2D eigenvalue weighted by molar-refractivity contribution is 5.42. The number of hydrogen-bond donors (Lipinski definition) is 1. The van der Waals surface area contributed by atoms with Gasteiger partial charge in [-0.25, -0.2) is 14.4 Å². The van der Waals surface area contributed by atoms with Gasteiger partial charge in [-0.2, -0.15) is 0 Å². The number of aryl methyl sites for hydroxylation is 1. The number of hydrogen-bond acceptors (Lipinski definition) is 4. The summed E-state index contributed by atoms with van der Waals surface area (Å²) in [4.78, 5) is 9.84. The Balaban J connectivity index is 2.29. The van der Waals surface area contributed by atoms with Gasteiger partial charge in [-0.1, -0.05) is 0 Å². The first-order valence-corrected chi connectivity index (χ1v) is 5.18. The molecule has 0 aromatic carbocycles. The van der Waals surface area contributed by atoms with E-state index in [0.717, 1.165) is 19.6 Å². The standard InChI is InChI=1S/C10H15FN4/c1-3-15(8-4-12-5-8)10-9(11)7(2)13-6-14-10/h6,8,12H,3-5H2,1-2H3. The monoisotopic (exact) mass is 210 g/mol. The number of likely N-dealkylation sites (N-methyl/N-ethyl adjacent to an activating group) is 1. The topological polar surface area (TPSA) is 41.1 Å². The number of nitrogens with one attached hydrogen (secondary N) is 1. The normalized spacial score (nSPS) is 16.2. The minimum absolute atomic E-state index is 0.300. The molecule has 82 valence electrons. The van der Waals surface area contributed by atoms with E-state index in [4.69, 9.17) is 0 Å². The van der Waals surface area contributed by atoms with Crippen LogP contribution in [0.4, 0.5) is 10.2 Å². The molecule has 1 aliphatic rings. The summed E-state index contributed by atoms with van der Waals surface area (Å²) in [6.07, 6.45) is 1.42. The van der Waals surface area contributed by atoms with Crippen molar-refractivity contribution in [1.82, 2.24) is 15.3 Å². The van der Waals surface area contributed by atoms with Crippen molar-refractivity contribution in [3.63, 3.8) is 0 Å². The van der Waals surface area contributed by atoms with Gasteiger partial charge in [0.05, 0.1) is 11.7 Å². The lowest BCUT2D eigenvalue weighted by Gasteiger charge is -2.38. The molecule has 4 nitrogen and oxygen atoms in total. The molecule has 5 heteroatoms. The molecule has 0 atom stereocenters. The molecule has 1 N–H and O–H groups in total. The van der Waals surface area contributed by atoms with E-state index in [1.807, 2.05) is 11.8 Å². The molecule has 1 aromatic rings. The summed E-state index contributed by atoms with van der Waals surface area (Å²) in [5, 5.41) is 3.17. The molecule has 0 unspecified atom stereocenters. The molecule has 0 amide bonds. The molecule has 1 aromatic heterocycles. The number of rotatable bonds is 3. The van der Waals surface area contributed by atoms with Gasteiger partial charge in [-0.05, 0) is 13.8 Å². The Bertz CT molecular complexity index is 351. The Morgan fingerprint density at radius 1 is 1.53 bits per heavy atom. The zero-order chi connectivity index (χ0) is 10.8. The third kappa shape index (κ3) is 1.79. The van der Waals surface area contributed by atoms with E-state index in [1.54, 1.807) is 6.92 Å². The van der Waals surface area contributed by atoms with E-state index in [2.05, 4.69) is 15.3 Å². The summed E-state index contributed by atoms with van der Waals surface area (Å²) >= 11 is 0. The van der Waals surface area contributed by atoms with Gasteiger partial charge in [0.15, 0.2) is 11.6 Å². The van der Waals surface area contributed by atoms with Crippen molar-refractivity contribution in [3.8, 4) is 0 Å². The van der Waals surface area contributed by atoms with Crippen molar-refractivity contribution >= 4 is 5.82 Å². The van der Waals surface area contributed by atoms with Crippen LogP contribution in [0.5, 0.6) is 0 Å². The van der Waals surface area contributed by atoms with Crippen LogP contribution < -0.4 is 10.2 Å². The molecule has 2 heterocycles. The van der Waals surface area contributed by atoms with E-state index >= 15 is 0 Å². The first kappa shape index (κ1) is 10.3. The zero-order valence-corrected chi connectivity index (χ0v) is 9.00. The maximum Gasteiger partial charge on any atom is 0.186 e. The van der Waals surface area contributed by atoms with E-state index in [0.29, 0.717) is 17.6 Å². The predicted molar refractivity (Wildman–Crippen MR) is 56.4 cm³/mol. The second kappa shape index (κ2) is 4.10. The maximum atomic E-state index is 13.8. The Labute approximate surface area is 88.5 Å². The fourth-order valence-electron chi connectivity index (χ4n) is 1.72. The number of aromatic nitrogens is 2. The fourth-order valence-corrected chi connectivity index (χ4v) is 1.72.